The number of amides is 3. The maximum atomic E-state index is 11.5. The van der Waals surface area contributed by atoms with E-state index in [-0.39, 0.29) is 25.2 Å². The molecule has 2 aliphatic rings. The minimum absolute atomic E-state index is 0.0435. The fourth-order valence-electron chi connectivity index (χ4n) is 2.53. The van der Waals surface area contributed by atoms with Crippen LogP contribution in [0, 0.1) is 0 Å². The number of carbonyl (C=O) groups is 4. The summed E-state index contributed by atoms with van der Waals surface area (Å²) >= 11 is 0. The Labute approximate surface area is 127 Å². The third-order valence-corrected chi connectivity index (χ3v) is 3.78. The van der Waals surface area contributed by atoms with Gasteiger partial charge in [0.25, 0.3) is 11.8 Å². The van der Waals surface area contributed by atoms with E-state index >= 15 is 0 Å². The highest BCUT2D eigenvalue weighted by Gasteiger charge is 2.32. The predicted octanol–water partition coefficient (Wildman–Crippen LogP) is 0.0948. The molecule has 2 rings (SSSR count). The van der Waals surface area contributed by atoms with Crippen LogP contribution in [0.1, 0.15) is 51.4 Å². The second kappa shape index (κ2) is 7.35. The molecule has 3 amide bonds. The summed E-state index contributed by atoms with van der Waals surface area (Å²) < 4.78 is 0. The SMILES string of the molecule is O=C(CCCCCN1C(=O)CCC1O)ON1C(=O)CCC1=O. The molecule has 0 spiro atoms. The summed E-state index contributed by atoms with van der Waals surface area (Å²) in [5.41, 5.74) is 0. The lowest BCUT2D eigenvalue weighted by Gasteiger charge is -2.20. The van der Waals surface area contributed by atoms with Crippen molar-refractivity contribution in [1.29, 1.82) is 0 Å². The van der Waals surface area contributed by atoms with Crippen molar-refractivity contribution in [3.05, 3.63) is 0 Å². The Hall–Kier alpha value is -1.96. The van der Waals surface area contributed by atoms with Gasteiger partial charge in [-0.15, -0.1) is 5.06 Å². The van der Waals surface area contributed by atoms with Gasteiger partial charge in [0, 0.05) is 38.6 Å². The van der Waals surface area contributed by atoms with Gasteiger partial charge >= 0.3 is 5.97 Å². The van der Waals surface area contributed by atoms with Crippen LogP contribution in [0.3, 0.4) is 0 Å². The van der Waals surface area contributed by atoms with Crippen molar-refractivity contribution in [2.45, 2.75) is 57.6 Å². The Morgan fingerprint density at radius 2 is 1.73 bits per heavy atom. The highest BCUT2D eigenvalue weighted by Crippen LogP contribution is 2.17. The van der Waals surface area contributed by atoms with Crippen LogP contribution in [0.15, 0.2) is 0 Å². The molecule has 8 nitrogen and oxygen atoms in total. The van der Waals surface area contributed by atoms with E-state index in [0.29, 0.717) is 43.7 Å². The lowest BCUT2D eigenvalue weighted by Crippen LogP contribution is -2.33. The van der Waals surface area contributed by atoms with Crippen molar-refractivity contribution < 1.29 is 29.1 Å². The average Bonchev–Trinajstić information content (AvgIpc) is 2.96. The van der Waals surface area contributed by atoms with Gasteiger partial charge in [0.15, 0.2) is 0 Å². The topological polar surface area (TPSA) is 104 Å². The third kappa shape index (κ3) is 4.03. The Kier molecular flexibility index (Phi) is 5.48. The van der Waals surface area contributed by atoms with Crippen molar-refractivity contribution >= 4 is 23.7 Å². The largest absolute Gasteiger partial charge is 0.374 e. The second-order valence-electron chi connectivity index (χ2n) is 5.46. The molecule has 0 aromatic heterocycles. The predicted molar refractivity (Wildman–Crippen MR) is 72.6 cm³/mol. The smallest absolute Gasteiger partial charge is 0.333 e. The van der Waals surface area contributed by atoms with Gasteiger partial charge in [-0.05, 0) is 12.8 Å². The molecule has 0 aliphatic carbocycles. The first-order chi connectivity index (χ1) is 10.5. The van der Waals surface area contributed by atoms with E-state index in [0.717, 1.165) is 0 Å². The highest BCUT2D eigenvalue weighted by atomic mass is 16.7. The van der Waals surface area contributed by atoms with Crippen LogP contribution in [-0.4, -0.2) is 51.5 Å². The summed E-state index contributed by atoms with van der Waals surface area (Å²) in [6, 6.07) is 0. The molecule has 2 heterocycles. The molecule has 122 valence electrons. The van der Waals surface area contributed by atoms with Crippen LogP contribution >= 0.6 is 0 Å². The molecule has 2 fully saturated rings. The van der Waals surface area contributed by atoms with Gasteiger partial charge in [-0.25, -0.2) is 4.79 Å². The van der Waals surface area contributed by atoms with Crippen molar-refractivity contribution in [2.75, 3.05) is 6.54 Å². The molecule has 8 heteroatoms. The molecule has 1 unspecified atom stereocenters. The molecule has 1 atom stereocenters. The number of imide groups is 1. The molecule has 0 radical (unpaired) electrons. The van der Waals surface area contributed by atoms with Gasteiger partial charge in [0.05, 0.1) is 0 Å². The molecule has 2 saturated heterocycles. The molecular weight excluding hydrogens is 292 g/mol. The number of aliphatic hydroxyl groups excluding tert-OH is 1. The van der Waals surface area contributed by atoms with E-state index in [1.54, 1.807) is 0 Å². The summed E-state index contributed by atoms with van der Waals surface area (Å²) in [5.74, 6) is -1.63. The zero-order valence-electron chi connectivity index (χ0n) is 12.3. The molecule has 0 aromatic rings. The number of hydrogen-bond acceptors (Lipinski definition) is 6. The molecular formula is C14H20N2O6. The first-order valence-electron chi connectivity index (χ1n) is 7.53. The van der Waals surface area contributed by atoms with Crippen molar-refractivity contribution in [3.63, 3.8) is 0 Å². The molecule has 22 heavy (non-hydrogen) atoms. The molecule has 0 bridgehead atoms. The highest BCUT2D eigenvalue weighted by molar-refractivity contribution is 6.01. The number of hydrogen-bond donors (Lipinski definition) is 1. The van der Waals surface area contributed by atoms with Crippen LogP contribution in [0.5, 0.6) is 0 Å². The maximum Gasteiger partial charge on any atom is 0.333 e. The van der Waals surface area contributed by atoms with Crippen LogP contribution < -0.4 is 0 Å². The summed E-state index contributed by atoms with van der Waals surface area (Å²) in [6.45, 7) is 0.470. The van der Waals surface area contributed by atoms with Crippen LogP contribution in [0.4, 0.5) is 0 Å². The van der Waals surface area contributed by atoms with E-state index in [1.807, 2.05) is 0 Å². The maximum absolute atomic E-state index is 11.5. The zero-order valence-corrected chi connectivity index (χ0v) is 12.3. The van der Waals surface area contributed by atoms with E-state index in [2.05, 4.69) is 0 Å². The monoisotopic (exact) mass is 312 g/mol. The number of unbranched alkanes of at least 4 members (excludes halogenated alkanes) is 2. The molecule has 0 aromatic carbocycles. The minimum Gasteiger partial charge on any atom is -0.374 e. The lowest BCUT2D eigenvalue weighted by atomic mass is 10.2. The number of nitrogens with zero attached hydrogens (tertiary/aromatic N) is 2. The Bertz CT molecular complexity index is 462. The number of carbonyl (C=O) groups excluding carboxylic acids is 4. The van der Waals surface area contributed by atoms with Gasteiger partial charge in [-0.1, -0.05) is 6.42 Å². The van der Waals surface area contributed by atoms with Gasteiger partial charge < -0.3 is 14.8 Å². The van der Waals surface area contributed by atoms with Crippen LogP contribution in [0.25, 0.3) is 0 Å². The van der Waals surface area contributed by atoms with Gasteiger partial charge in [-0.3, -0.25) is 14.4 Å². The molecule has 2 aliphatic heterocycles. The average molecular weight is 312 g/mol. The van der Waals surface area contributed by atoms with Gasteiger partial charge in [-0.2, -0.15) is 0 Å². The third-order valence-electron chi connectivity index (χ3n) is 3.78. The Morgan fingerprint density at radius 1 is 1.05 bits per heavy atom. The Morgan fingerprint density at radius 3 is 2.32 bits per heavy atom. The summed E-state index contributed by atoms with van der Waals surface area (Å²) in [4.78, 5) is 51.7. The van der Waals surface area contributed by atoms with E-state index < -0.39 is 24.0 Å². The molecule has 1 N–H and O–H groups in total. The number of likely N-dealkylation sites (tertiary alicyclic amines) is 1. The lowest BCUT2D eigenvalue weighted by molar-refractivity contribution is -0.197. The normalized spacial score (nSPS) is 21.9. The van der Waals surface area contributed by atoms with Crippen LogP contribution in [-0.2, 0) is 24.0 Å². The fourth-order valence-corrected chi connectivity index (χ4v) is 2.53. The fraction of sp³-hybridized carbons (Fsp3) is 0.714. The van der Waals surface area contributed by atoms with E-state index in [9.17, 15) is 24.3 Å². The summed E-state index contributed by atoms with van der Waals surface area (Å²) in [7, 11) is 0. The minimum atomic E-state index is -0.690. The van der Waals surface area contributed by atoms with Crippen molar-refractivity contribution in [3.8, 4) is 0 Å². The van der Waals surface area contributed by atoms with Gasteiger partial charge in [0.1, 0.15) is 6.23 Å². The standard InChI is InChI=1S/C14H20N2O6/c17-10-5-6-11(18)15(10)9-3-1-2-4-14(21)22-16-12(19)7-8-13(16)20/h10,17H,1-9H2. The van der Waals surface area contributed by atoms with Gasteiger partial charge in [0.2, 0.25) is 5.91 Å². The second-order valence-corrected chi connectivity index (χ2v) is 5.46. The first kappa shape index (κ1) is 16.4. The van der Waals surface area contributed by atoms with Crippen LogP contribution in [0.2, 0.25) is 0 Å². The molecule has 0 saturated carbocycles. The first-order valence-corrected chi connectivity index (χ1v) is 7.53. The van der Waals surface area contributed by atoms with Crippen molar-refractivity contribution in [2.24, 2.45) is 0 Å². The van der Waals surface area contributed by atoms with Crippen molar-refractivity contribution in [1.82, 2.24) is 9.96 Å². The number of aliphatic hydroxyl groups is 1. The Balaban J connectivity index is 1.58. The summed E-state index contributed by atoms with van der Waals surface area (Å²) in [5, 5.41) is 10.1. The zero-order chi connectivity index (χ0) is 16.1. The number of rotatable bonds is 7. The number of hydroxylamine groups is 2. The quantitative estimate of drug-likeness (QED) is 0.528. The summed E-state index contributed by atoms with van der Waals surface area (Å²) in [6.07, 6.45) is 2.33. The van der Waals surface area contributed by atoms with E-state index in [4.69, 9.17) is 4.84 Å². The van der Waals surface area contributed by atoms with E-state index in [1.165, 1.54) is 4.90 Å².